The summed E-state index contributed by atoms with van der Waals surface area (Å²) in [6, 6.07) is 10.3. The molecule has 13 heavy (non-hydrogen) atoms. The van der Waals surface area contributed by atoms with Gasteiger partial charge in [0.2, 0.25) is 0 Å². The zero-order valence-corrected chi connectivity index (χ0v) is 8.54. The fourth-order valence-corrected chi connectivity index (χ4v) is 0.952. The van der Waals surface area contributed by atoms with Gasteiger partial charge >= 0.3 is 0 Å². The van der Waals surface area contributed by atoms with Crippen LogP contribution in [0.1, 0.15) is 19.4 Å². The Labute approximate surface area is 80.5 Å². The Morgan fingerprint density at radius 1 is 1.15 bits per heavy atom. The van der Waals surface area contributed by atoms with Gasteiger partial charge in [-0.05, 0) is 26.5 Å². The van der Waals surface area contributed by atoms with E-state index in [1.54, 1.807) is 0 Å². The number of hydrogen-bond acceptors (Lipinski definition) is 1. The van der Waals surface area contributed by atoms with E-state index in [9.17, 15) is 0 Å². The molecule has 0 fully saturated rings. The van der Waals surface area contributed by atoms with E-state index in [2.05, 4.69) is 43.4 Å². The van der Waals surface area contributed by atoms with Crippen molar-refractivity contribution in [1.82, 2.24) is 5.32 Å². The highest BCUT2D eigenvalue weighted by atomic mass is 14.9. The first kappa shape index (κ1) is 10.0. The van der Waals surface area contributed by atoms with Gasteiger partial charge in [0.15, 0.2) is 0 Å². The highest BCUT2D eigenvalue weighted by Crippen LogP contribution is 2.07. The molecule has 0 aliphatic rings. The van der Waals surface area contributed by atoms with Crippen molar-refractivity contribution in [2.75, 3.05) is 7.05 Å². The van der Waals surface area contributed by atoms with Crippen LogP contribution in [0.15, 0.2) is 36.4 Å². The van der Waals surface area contributed by atoms with Crippen LogP contribution in [0.2, 0.25) is 0 Å². The van der Waals surface area contributed by atoms with Gasteiger partial charge in [-0.15, -0.1) is 0 Å². The number of nitrogens with one attached hydrogen (secondary N) is 1. The van der Waals surface area contributed by atoms with E-state index in [-0.39, 0.29) is 5.54 Å². The second-order valence-corrected chi connectivity index (χ2v) is 3.72. The van der Waals surface area contributed by atoms with E-state index < -0.39 is 0 Å². The van der Waals surface area contributed by atoms with Crippen LogP contribution in [0.5, 0.6) is 0 Å². The molecule has 70 valence electrons. The average Bonchev–Trinajstić information content (AvgIpc) is 2.17. The lowest BCUT2D eigenvalue weighted by Crippen LogP contribution is -2.33. The molecule has 1 rings (SSSR count). The van der Waals surface area contributed by atoms with Crippen molar-refractivity contribution in [3.8, 4) is 0 Å². The highest BCUT2D eigenvalue weighted by Gasteiger charge is 2.07. The second kappa shape index (κ2) is 4.24. The van der Waals surface area contributed by atoms with Crippen molar-refractivity contribution < 1.29 is 0 Å². The molecule has 0 heterocycles. The van der Waals surface area contributed by atoms with Gasteiger partial charge in [0.25, 0.3) is 0 Å². The van der Waals surface area contributed by atoms with Crippen molar-refractivity contribution in [3.63, 3.8) is 0 Å². The van der Waals surface area contributed by atoms with Gasteiger partial charge in [-0.25, -0.2) is 0 Å². The third-order valence-electron chi connectivity index (χ3n) is 2.14. The molecule has 0 aromatic heterocycles. The molecule has 0 amide bonds. The number of likely N-dealkylation sites (N-methyl/N-ethyl adjacent to an activating group) is 1. The van der Waals surface area contributed by atoms with Gasteiger partial charge in [-0.3, -0.25) is 0 Å². The van der Waals surface area contributed by atoms with E-state index >= 15 is 0 Å². The molecule has 1 nitrogen and oxygen atoms in total. The summed E-state index contributed by atoms with van der Waals surface area (Å²) in [6.45, 7) is 4.29. The summed E-state index contributed by atoms with van der Waals surface area (Å²) in [7, 11) is 1.97. The van der Waals surface area contributed by atoms with Crippen LogP contribution in [0.25, 0.3) is 6.08 Å². The van der Waals surface area contributed by atoms with Crippen molar-refractivity contribution in [3.05, 3.63) is 42.0 Å². The monoisotopic (exact) mass is 175 g/mol. The zero-order valence-electron chi connectivity index (χ0n) is 8.54. The molecule has 1 aromatic carbocycles. The van der Waals surface area contributed by atoms with E-state index in [4.69, 9.17) is 0 Å². The Morgan fingerprint density at radius 3 is 2.31 bits per heavy atom. The maximum absolute atomic E-state index is 3.22. The quantitative estimate of drug-likeness (QED) is 0.744. The van der Waals surface area contributed by atoms with E-state index in [0.717, 1.165) is 0 Å². The number of hydrogen-bond donors (Lipinski definition) is 1. The maximum atomic E-state index is 3.22. The molecule has 0 saturated carbocycles. The average molecular weight is 175 g/mol. The van der Waals surface area contributed by atoms with Gasteiger partial charge in [0.05, 0.1) is 0 Å². The smallest absolute Gasteiger partial charge is 0.0307 e. The molecule has 0 atom stereocenters. The summed E-state index contributed by atoms with van der Waals surface area (Å²) in [5, 5.41) is 3.22. The molecule has 0 bridgehead atoms. The zero-order chi connectivity index (χ0) is 9.73. The lowest BCUT2D eigenvalue weighted by molar-refractivity contribution is 0.530. The van der Waals surface area contributed by atoms with Gasteiger partial charge in [-0.1, -0.05) is 42.5 Å². The minimum Gasteiger partial charge on any atom is -0.311 e. The van der Waals surface area contributed by atoms with Crippen LogP contribution < -0.4 is 5.32 Å². The van der Waals surface area contributed by atoms with Crippen molar-refractivity contribution in [2.24, 2.45) is 0 Å². The van der Waals surface area contributed by atoms with Crippen molar-refractivity contribution in [1.29, 1.82) is 0 Å². The maximum Gasteiger partial charge on any atom is 0.0307 e. The topological polar surface area (TPSA) is 12.0 Å². The Balaban J connectivity index is 2.69. The standard InChI is InChI=1S/C12H17N/c1-12(2,13-3)10-9-11-7-5-4-6-8-11/h4-10,13H,1-3H3/b10-9+. The number of rotatable bonds is 3. The predicted octanol–water partition coefficient (Wildman–Crippen LogP) is 2.70. The van der Waals surface area contributed by atoms with Crippen LogP contribution in [-0.2, 0) is 0 Å². The summed E-state index contributed by atoms with van der Waals surface area (Å²) in [5.74, 6) is 0. The van der Waals surface area contributed by atoms with Crippen LogP contribution in [0.3, 0.4) is 0 Å². The van der Waals surface area contributed by atoms with Crippen LogP contribution in [0.4, 0.5) is 0 Å². The Hall–Kier alpha value is -1.08. The summed E-state index contributed by atoms with van der Waals surface area (Å²) in [4.78, 5) is 0. The molecule has 0 saturated heterocycles. The fourth-order valence-electron chi connectivity index (χ4n) is 0.952. The second-order valence-electron chi connectivity index (χ2n) is 3.72. The van der Waals surface area contributed by atoms with Gasteiger partial charge in [0.1, 0.15) is 0 Å². The SMILES string of the molecule is CNC(C)(C)/C=C/c1ccccc1. The predicted molar refractivity (Wildman–Crippen MR) is 58.6 cm³/mol. The molecule has 0 aliphatic carbocycles. The third-order valence-corrected chi connectivity index (χ3v) is 2.14. The molecule has 1 aromatic rings. The first-order chi connectivity index (χ1) is 6.14. The molecule has 0 spiro atoms. The normalized spacial score (nSPS) is 12.2. The molecular formula is C12H17N. The van der Waals surface area contributed by atoms with Gasteiger partial charge in [0, 0.05) is 5.54 Å². The Kier molecular flexibility index (Phi) is 3.26. The van der Waals surface area contributed by atoms with E-state index in [1.165, 1.54) is 5.56 Å². The summed E-state index contributed by atoms with van der Waals surface area (Å²) >= 11 is 0. The lowest BCUT2D eigenvalue weighted by Gasteiger charge is -2.18. The summed E-state index contributed by atoms with van der Waals surface area (Å²) in [6.07, 6.45) is 4.30. The molecule has 1 N–H and O–H groups in total. The van der Waals surface area contributed by atoms with Gasteiger partial charge < -0.3 is 5.32 Å². The molecule has 0 aliphatic heterocycles. The Morgan fingerprint density at radius 2 is 1.77 bits per heavy atom. The first-order valence-corrected chi connectivity index (χ1v) is 4.57. The molecule has 1 heteroatoms. The van der Waals surface area contributed by atoms with E-state index in [0.29, 0.717) is 0 Å². The van der Waals surface area contributed by atoms with E-state index in [1.807, 2.05) is 25.2 Å². The first-order valence-electron chi connectivity index (χ1n) is 4.57. The van der Waals surface area contributed by atoms with Crippen molar-refractivity contribution in [2.45, 2.75) is 19.4 Å². The fraction of sp³-hybridized carbons (Fsp3) is 0.333. The highest BCUT2D eigenvalue weighted by molar-refractivity contribution is 5.50. The number of benzene rings is 1. The molecular weight excluding hydrogens is 158 g/mol. The largest absolute Gasteiger partial charge is 0.311 e. The van der Waals surface area contributed by atoms with Crippen molar-refractivity contribution >= 4 is 6.08 Å². The minimum atomic E-state index is 0.0653. The van der Waals surface area contributed by atoms with Crippen LogP contribution >= 0.6 is 0 Å². The van der Waals surface area contributed by atoms with Gasteiger partial charge in [-0.2, -0.15) is 0 Å². The summed E-state index contributed by atoms with van der Waals surface area (Å²) < 4.78 is 0. The molecule has 0 radical (unpaired) electrons. The molecule has 0 unspecified atom stereocenters. The van der Waals surface area contributed by atoms with Crippen LogP contribution in [-0.4, -0.2) is 12.6 Å². The minimum absolute atomic E-state index is 0.0653. The Bertz CT molecular complexity index is 272. The lowest BCUT2D eigenvalue weighted by atomic mass is 10.0. The van der Waals surface area contributed by atoms with Crippen LogP contribution in [0, 0.1) is 0 Å². The third kappa shape index (κ3) is 3.43. The summed E-state index contributed by atoms with van der Waals surface area (Å²) in [5.41, 5.74) is 1.31.